The summed E-state index contributed by atoms with van der Waals surface area (Å²) < 4.78 is 9.26. The maximum atomic E-state index is 10.0. The minimum absolute atomic E-state index is 0.528. The van der Waals surface area contributed by atoms with Crippen LogP contribution in [0.1, 0.15) is 5.56 Å². The van der Waals surface area contributed by atoms with Gasteiger partial charge in [-0.25, -0.2) is 9.97 Å². The minimum atomic E-state index is 0.528. The van der Waals surface area contributed by atoms with E-state index in [0.29, 0.717) is 11.4 Å². The van der Waals surface area contributed by atoms with Crippen molar-refractivity contribution in [2.24, 2.45) is 0 Å². The van der Waals surface area contributed by atoms with Crippen LogP contribution in [0.5, 0.6) is 0 Å². The molecule has 7 nitrogen and oxygen atoms in total. The van der Waals surface area contributed by atoms with Crippen molar-refractivity contribution in [3.63, 3.8) is 0 Å². The summed E-state index contributed by atoms with van der Waals surface area (Å²) in [5, 5.41) is 19.4. The molecule has 0 saturated carbocycles. The molecule has 0 unspecified atom stereocenters. The number of nitriles is 1. The maximum Gasteiger partial charge on any atom is 0.163 e. The summed E-state index contributed by atoms with van der Waals surface area (Å²) in [6.07, 6.45) is 0. The average Bonchev–Trinajstić information content (AvgIpc) is 4.11. The lowest BCUT2D eigenvalue weighted by Gasteiger charge is -2.14. The molecule has 0 aliphatic rings. The van der Waals surface area contributed by atoms with Crippen LogP contribution in [0.4, 0.5) is 0 Å². The van der Waals surface area contributed by atoms with Gasteiger partial charge in [-0.2, -0.15) is 5.26 Å². The molecule has 306 valence electrons. The third-order valence-corrected chi connectivity index (χ3v) is 13.4. The topological polar surface area (TPSA) is 69.3 Å². The zero-order valence-electron chi connectivity index (χ0n) is 35.3. The fraction of sp³-hybridized carbons (Fsp3) is 0. The van der Waals surface area contributed by atoms with E-state index in [9.17, 15) is 5.26 Å². The lowest BCUT2D eigenvalue weighted by atomic mass is 10.1. The number of hydrogen-bond donors (Lipinski definition) is 0. The third kappa shape index (κ3) is 5.18. The average molecular weight is 842 g/mol. The lowest BCUT2D eigenvalue weighted by Crippen LogP contribution is -2.06. The maximum absolute atomic E-state index is 10.0. The van der Waals surface area contributed by atoms with E-state index in [1.807, 2.05) is 24.3 Å². The number of benzene rings is 9. The van der Waals surface area contributed by atoms with Gasteiger partial charge in [0.2, 0.25) is 0 Å². The van der Waals surface area contributed by atoms with E-state index < -0.39 is 0 Å². The van der Waals surface area contributed by atoms with Gasteiger partial charge in [0.25, 0.3) is 0 Å². The molecule has 5 heterocycles. The van der Waals surface area contributed by atoms with Crippen LogP contribution < -0.4 is 0 Å². The molecule has 0 saturated heterocycles. The highest BCUT2D eigenvalue weighted by atomic mass is 15.1. The van der Waals surface area contributed by atoms with E-state index in [1.54, 1.807) is 0 Å². The summed E-state index contributed by atoms with van der Waals surface area (Å²) in [7, 11) is 0. The first-order valence-corrected chi connectivity index (χ1v) is 22.1. The van der Waals surface area contributed by atoms with Gasteiger partial charge in [-0.15, -0.1) is 0 Å². The molecular weight excluding hydrogens is 807 g/mol. The highest BCUT2D eigenvalue weighted by Crippen LogP contribution is 2.40. The van der Waals surface area contributed by atoms with Crippen LogP contribution in [0.3, 0.4) is 0 Å². The summed E-state index contributed by atoms with van der Waals surface area (Å²) in [6.45, 7) is 0. The molecule has 5 aromatic heterocycles. The molecule has 7 heteroatoms. The normalized spacial score (nSPS) is 11.9. The van der Waals surface area contributed by atoms with Gasteiger partial charge in [-0.3, -0.25) is 9.13 Å². The Labute approximate surface area is 377 Å². The summed E-state index contributed by atoms with van der Waals surface area (Å²) in [5.41, 5.74) is 12.3. The molecule has 0 bridgehead atoms. The first kappa shape index (κ1) is 36.3. The van der Waals surface area contributed by atoms with Crippen molar-refractivity contribution in [3.05, 3.63) is 218 Å². The summed E-state index contributed by atoms with van der Waals surface area (Å²) in [6, 6.07) is 77.2. The van der Waals surface area contributed by atoms with Crippen molar-refractivity contribution in [1.29, 1.82) is 5.26 Å². The summed E-state index contributed by atoms with van der Waals surface area (Å²) in [5.74, 6) is 1.97. The van der Waals surface area contributed by atoms with Crippen molar-refractivity contribution >= 4 is 87.2 Å². The molecule has 9 aromatic carbocycles. The number of aromatic nitrogens is 6. The lowest BCUT2D eigenvalue weighted by molar-refractivity contribution is 0.993. The van der Waals surface area contributed by atoms with Crippen LogP contribution >= 0.6 is 0 Å². The Balaban J connectivity index is 1.02. The summed E-state index contributed by atoms with van der Waals surface area (Å²) in [4.78, 5) is 10.7. The van der Waals surface area contributed by atoms with E-state index in [1.165, 1.54) is 43.6 Å². The molecule has 0 radical (unpaired) electrons. The number of rotatable bonds is 5. The monoisotopic (exact) mass is 841 g/mol. The van der Waals surface area contributed by atoms with E-state index in [4.69, 9.17) is 9.97 Å². The van der Waals surface area contributed by atoms with Crippen LogP contribution in [-0.2, 0) is 0 Å². The molecule has 14 aromatic rings. The highest BCUT2D eigenvalue weighted by Gasteiger charge is 2.22. The van der Waals surface area contributed by atoms with Crippen LogP contribution in [0, 0.1) is 11.3 Å². The Morgan fingerprint density at radius 2 is 0.652 bits per heavy atom. The smallest absolute Gasteiger partial charge is 0.163 e. The first-order valence-electron chi connectivity index (χ1n) is 22.1. The Morgan fingerprint density at radius 3 is 1.05 bits per heavy atom. The van der Waals surface area contributed by atoms with E-state index in [2.05, 4.69) is 212 Å². The fourth-order valence-corrected chi connectivity index (χ4v) is 10.6. The fourth-order valence-electron chi connectivity index (χ4n) is 10.6. The molecule has 0 amide bonds. The van der Waals surface area contributed by atoms with Gasteiger partial charge >= 0.3 is 0 Å². The quantitative estimate of drug-likeness (QED) is 0.173. The predicted octanol–water partition coefficient (Wildman–Crippen LogP) is 14.4. The molecule has 0 aliphatic carbocycles. The molecule has 0 atom stereocenters. The van der Waals surface area contributed by atoms with Gasteiger partial charge in [-0.1, -0.05) is 121 Å². The van der Waals surface area contributed by atoms with Gasteiger partial charge in [0.05, 0.1) is 55.8 Å². The zero-order chi connectivity index (χ0) is 43.5. The standard InChI is InChI=1S/C59H35N7/c60-36-37-14-13-15-38(32-37)59-61-57(65-53-26-11-5-20-45(53)47-33-39(28-30-55(47)65)63-49-22-7-1-16-41(49)42-17-2-8-23-50(42)63)35-58(62-59)66-54-27-12-6-21-46(54)48-34-40(29-31-56(48)66)64-51-24-9-3-18-43(51)44-19-4-10-25-52(44)64/h1-35H. The van der Waals surface area contributed by atoms with Crippen molar-refractivity contribution in [2.45, 2.75) is 0 Å². The van der Waals surface area contributed by atoms with Gasteiger partial charge in [0.1, 0.15) is 11.6 Å². The van der Waals surface area contributed by atoms with E-state index in [0.717, 1.165) is 72.2 Å². The molecule has 66 heavy (non-hydrogen) atoms. The SMILES string of the molecule is N#Cc1cccc(-c2nc(-n3c4ccccc4c4cc(-n5c6ccccc6c6ccccc65)ccc43)cc(-n3c4ccccc4c4cc(-n5c6ccccc6c6ccccc65)ccc43)n2)c1. The van der Waals surface area contributed by atoms with Crippen LogP contribution in [0.2, 0.25) is 0 Å². The number of hydrogen-bond acceptors (Lipinski definition) is 3. The van der Waals surface area contributed by atoms with Gasteiger partial charge in [-0.05, 0) is 84.9 Å². The van der Waals surface area contributed by atoms with Crippen LogP contribution in [-0.4, -0.2) is 28.2 Å². The zero-order valence-corrected chi connectivity index (χ0v) is 35.3. The molecular formula is C59H35N7. The van der Waals surface area contributed by atoms with Crippen molar-refractivity contribution < 1.29 is 0 Å². The van der Waals surface area contributed by atoms with Crippen LogP contribution in [0.15, 0.2) is 212 Å². The Hall–Kier alpha value is -9.25. The Morgan fingerprint density at radius 1 is 0.303 bits per heavy atom. The second-order valence-corrected chi connectivity index (χ2v) is 16.9. The Kier molecular flexibility index (Phi) is 7.62. The Bertz CT molecular complexity index is 4020. The first-order chi connectivity index (χ1) is 32.7. The molecule has 14 rings (SSSR count). The molecule has 0 N–H and O–H groups in total. The molecule has 0 spiro atoms. The number of para-hydroxylation sites is 6. The van der Waals surface area contributed by atoms with E-state index in [-0.39, 0.29) is 0 Å². The van der Waals surface area contributed by atoms with E-state index >= 15 is 0 Å². The van der Waals surface area contributed by atoms with Gasteiger partial charge in [0.15, 0.2) is 5.82 Å². The van der Waals surface area contributed by atoms with Crippen LogP contribution in [0.25, 0.3) is 122 Å². The molecule has 0 aliphatic heterocycles. The second-order valence-electron chi connectivity index (χ2n) is 16.9. The largest absolute Gasteiger partial charge is 0.309 e. The van der Waals surface area contributed by atoms with Gasteiger partial charge < -0.3 is 9.13 Å². The third-order valence-electron chi connectivity index (χ3n) is 13.4. The van der Waals surface area contributed by atoms with Crippen molar-refractivity contribution in [2.75, 3.05) is 0 Å². The highest BCUT2D eigenvalue weighted by molar-refractivity contribution is 6.14. The minimum Gasteiger partial charge on any atom is -0.309 e. The van der Waals surface area contributed by atoms with Crippen molar-refractivity contribution in [3.8, 4) is 40.5 Å². The predicted molar refractivity (Wildman–Crippen MR) is 270 cm³/mol. The van der Waals surface area contributed by atoms with Gasteiger partial charge in [0, 0.05) is 66.1 Å². The second kappa shape index (κ2) is 13.9. The molecule has 0 fully saturated rings. The number of nitrogens with zero attached hydrogens (tertiary/aromatic N) is 7. The number of fused-ring (bicyclic) bond motifs is 12. The summed E-state index contributed by atoms with van der Waals surface area (Å²) >= 11 is 0. The van der Waals surface area contributed by atoms with Crippen molar-refractivity contribution in [1.82, 2.24) is 28.2 Å².